The van der Waals surface area contributed by atoms with Crippen LogP contribution in [-0.4, -0.2) is 16.8 Å². The monoisotopic (exact) mass is 387 g/mol. The van der Waals surface area contributed by atoms with Gasteiger partial charge < -0.3 is 10.6 Å². The zero-order valence-corrected chi connectivity index (χ0v) is 14.8. The smallest absolute Gasteiger partial charge is 0.228 e. The number of rotatable bonds is 5. The van der Waals surface area contributed by atoms with Crippen LogP contribution in [0.5, 0.6) is 0 Å². The van der Waals surface area contributed by atoms with Gasteiger partial charge in [-0.1, -0.05) is 22.0 Å². The highest BCUT2D eigenvalue weighted by molar-refractivity contribution is 9.10. The molecule has 0 aliphatic heterocycles. The number of nitrogens with zero attached hydrogens (tertiary/aromatic N) is 1. The number of carbonyl (C=O) groups excluding carboxylic acids is 2. The number of aromatic nitrogens is 1. The number of anilines is 1. The van der Waals surface area contributed by atoms with Crippen molar-refractivity contribution >= 4 is 33.4 Å². The number of carbonyl (C=O) groups is 2. The third kappa shape index (κ3) is 4.00. The van der Waals surface area contributed by atoms with Gasteiger partial charge in [0.25, 0.3) is 0 Å². The second kappa shape index (κ2) is 7.13. The van der Waals surface area contributed by atoms with Crippen molar-refractivity contribution in [2.75, 3.05) is 5.32 Å². The minimum Gasteiger partial charge on any atom is -0.350 e. The Morgan fingerprint density at radius 2 is 2.00 bits per heavy atom. The third-order valence-corrected chi connectivity index (χ3v) is 4.95. The Morgan fingerprint density at radius 3 is 2.71 bits per heavy atom. The summed E-state index contributed by atoms with van der Waals surface area (Å²) in [6, 6.07) is 11.2. The van der Waals surface area contributed by atoms with Gasteiger partial charge in [0, 0.05) is 16.4 Å². The lowest BCUT2D eigenvalue weighted by atomic mass is 10.2. The van der Waals surface area contributed by atoms with Gasteiger partial charge in [-0.25, -0.2) is 0 Å². The molecule has 1 aliphatic carbocycles. The maximum atomic E-state index is 12.2. The van der Waals surface area contributed by atoms with Crippen molar-refractivity contribution in [2.24, 2.45) is 11.8 Å². The van der Waals surface area contributed by atoms with E-state index in [1.165, 1.54) is 0 Å². The van der Waals surface area contributed by atoms with Gasteiger partial charge in [-0.05, 0) is 49.2 Å². The average molecular weight is 388 g/mol. The molecular weight excluding hydrogens is 370 g/mol. The number of amides is 2. The van der Waals surface area contributed by atoms with E-state index in [2.05, 4.69) is 31.5 Å². The molecule has 0 spiro atoms. The molecule has 1 aromatic heterocycles. The minimum atomic E-state index is -0.252. The van der Waals surface area contributed by atoms with Crippen LogP contribution < -0.4 is 10.6 Å². The van der Waals surface area contributed by atoms with Gasteiger partial charge in [0.15, 0.2) is 0 Å². The molecule has 1 heterocycles. The molecule has 0 bridgehead atoms. The lowest BCUT2D eigenvalue weighted by molar-refractivity contribution is -0.125. The van der Waals surface area contributed by atoms with Crippen molar-refractivity contribution in [3.05, 3.63) is 58.3 Å². The summed E-state index contributed by atoms with van der Waals surface area (Å²) in [5, 5.41) is 5.72. The molecule has 5 nitrogen and oxygen atoms in total. The van der Waals surface area contributed by atoms with E-state index in [0.29, 0.717) is 13.0 Å². The Balaban J connectivity index is 1.49. The first-order valence-electron chi connectivity index (χ1n) is 7.79. The van der Waals surface area contributed by atoms with E-state index in [0.717, 1.165) is 21.4 Å². The molecule has 3 rings (SSSR count). The predicted octanol–water partition coefficient (Wildman–Crippen LogP) is 3.04. The zero-order valence-electron chi connectivity index (χ0n) is 13.3. The first-order chi connectivity index (χ1) is 11.5. The Hall–Kier alpha value is -2.21. The van der Waals surface area contributed by atoms with Crippen LogP contribution in [0.3, 0.4) is 0 Å². The Morgan fingerprint density at radius 1 is 1.21 bits per heavy atom. The average Bonchev–Trinajstić information content (AvgIpc) is 3.38. The van der Waals surface area contributed by atoms with Crippen molar-refractivity contribution in [3.8, 4) is 0 Å². The fraction of sp³-hybridized carbons (Fsp3) is 0.278. The van der Waals surface area contributed by atoms with Gasteiger partial charge in [-0.2, -0.15) is 0 Å². The van der Waals surface area contributed by atoms with E-state index in [1.807, 2.05) is 43.3 Å². The minimum absolute atomic E-state index is 0.0900. The molecule has 0 saturated heterocycles. The van der Waals surface area contributed by atoms with E-state index in [9.17, 15) is 9.59 Å². The number of hydrogen-bond donors (Lipinski definition) is 2. The molecule has 2 aromatic rings. The molecular formula is C18H18BrN3O2. The molecule has 0 radical (unpaired) electrons. The maximum Gasteiger partial charge on any atom is 0.228 e. The van der Waals surface area contributed by atoms with Crippen LogP contribution in [0.1, 0.15) is 17.7 Å². The number of nitrogens with one attached hydrogen (secondary N) is 2. The van der Waals surface area contributed by atoms with Crippen LogP contribution >= 0.6 is 15.9 Å². The summed E-state index contributed by atoms with van der Waals surface area (Å²) in [5.41, 5.74) is 2.60. The Labute approximate surface area is 149 Å². The third-order valence-electron chi connectivity index (χ3n) is 4.06. The molecule has 1 saturated carbocycles. The van der Waals surface area contributed by atoms with Crippen LogP contribution in [0.25, 0.3) is 0 Å². The number of benzene rings is 1. The lowest BCUT2D eigenvalue weighted by Crippen LogP contribution is -2.27. The normalized spacial score (nSPS) is 18.8. The summed E-state index contributed by atoms with van der Waals surface area (Å²) >= 11 is 3.43. The molecule has 2 unspecified atom stereocenters. The van der Waals surface area contributed by atoms with Crippen LogP contribution in [0.2, 0.25) is 0 Å². The van der Waals surface area contributed by atoms with Gasteiger partial charge in [-0.15, -0.1) is 0 Å². The molecule has 24 heavy (non-hydrogen) atoms. The number of aryl methyl sites for hydroxylation is 1. The fourth-order valence-electron chi connectivity index (χ4n) is 2.54. The van der Waals surface area contributed by atoms with Gasteiger partial charge in [0.1, 0.15) is 0 Å². The highest BCUT2D eigenvalue weighted by Crippen LogP contribution is 2.39. The van der Waals surface area contributed by atoms with Crippen LogP contribution in [0.4, 0.5) is 5.69 Å². The second-order valence-electron chi connectivity index (χ2n) is 5.94. The van der Waals surface area contributed by atoms with E-state index >= 15 is 0 Å². The van der Waals surface area contributed by atoms with Crippen LogP contribution in [-0.2, 0) is 16.1 Å². The topological polar surface area (TPSA) is 71.1 Å². The van der Waals surface area contributed by atoms with Gasteiger partial charge in [-0.3, -0.25) is 14.6 Å². The van der Waals surface area contributed by atoms with Gasteiger partial charge >= 0.3 is 0 Å². The molecule has 1 aliphatic rings. The summed E-state index contributed by atoms with van der Waals surface area (Å²) in [5.74, 6) is -0.689. The largest absolute Gasteiger partial charge is 0.350 e. The second-order valence-corrected chi connectivity index (χ2v) is 6.80. The first-order valence-corrected chi connectivity index (χ1v) is 8.58. The van der Waals surface area contributed by atoms with Crippen molar-refractivity contribution in [1.82, 2.24) is 10.3 Å². The number of hydrogen-bond acceptors (Lipinski definition) is 3. The summed E-state index contributed by atoms with van der Waals surface area (Å²) in [6.45, 7) is 2.35. The highest BCUT2D eigenvalue weighted by Gasteiger charge is 2.47. The first kappa shape index (κ1) is 16.6. The van der Waals surface area contributed by atoms with Gasteiger partial charge in [0.2, 0.25) is 11.8 Å². The summed E-state index contributed by atoms with van der Waals surface area (Å²) in [6.07, 6.45) is 2.28. The van der Waals surface area contributed by atoms with Crippen molar-refractivity contribution < 1.29 is 9.59 Å². The number of halogens is 1. The quantitative estimate of drug-likeness (QED) is 0.827. The summed E-state index contributed by atoms with van der Waals surface area (Å²) in [4.78, 5) is 28.5. The van der Waals surface area contributed by atoms with E-state index in [1.54, 1.807) is 6.20 Å². The van der Waals surface area contributed by atoms with E-state index < -0.39 is 0 Å². The fourth-order valence-corrected chi connectivity index (χ4v) is 2.79. The molecule has 124 valence electrons. The molecule has 2 N–H and O–H groups in total. The molecule has 1 aromatic carbocycles. The van der Waals surface area contributed by atoms with E-state index in [-0.39, 0.29) is 23.7 Å². The Kier molecular flexibility index (Phi) is 4.94. The molecule has 1 fully saturated rings. The predicted molar refractivity (Wildman–Crippen MR) is 95.2 cm³/mol. The SMILES string of the molecule is Cc1cc(NC(=O)C2CC2C(=O)NCc2ccccn2)ccc1Br. The van der Waals surface area contributed by atoms with Crippen molar-refractivity contribution in [3.63, 3.8) is 0 Å². The Bertz CT molecular complexity index is 764. The number of pyridine rings is 1. The summed E-state index contributed by atoms with van der Waals surface area (Å²) in [7, 11) is 0. The zero-order chi connectivity index (χ0) is 17.1. The van der Waals surface area contributed by atoms with E-state index in [4.69, 9.17) is 0 Å². The molecule has 2 amide bonds. The van der Waals surface area contributed by atoms with Gasteiger partial charge in [0.05, 0.1) is 24.1 Å². The maximum absolute atomic E-state index is 12.2. The highest BCUT2D eigenvalue weighted by atomic mass is 79.9. The standard InChI is InChI=1S/C18H18BrN3O2/c1-11-8-12(5-6-16(11)19)22-18(24)15-9-14(15)17(23)21-10-13-4-2-3-7-20-13/h2-8,14-15H,9-10H2,1H3,(H,21,23)(H,22,24). The lowest BCUT2D eigenvalue weighted by Gasteiger charge is -2.07. The molecule has 2 atom stereocenters. The molecule has 6 heteroatoms. The van der Waals surface area contributed by atoms with Crippen molar-refractivity contribution in [2.45, 2.75) is 19.9 Å². The van der Waals surface area contributed by atoms with Crippen molar-refractivity contribution in [1.29, 1.82) is 0 Å². The summed E-state index contributed by atoms with van der Waals surface area (Å²) < 4.78 is 0.999. The van der Waals surface area contributed by atoms with Crippen LogP contribution in [0, 0.1) is 18.8 Å². The van der Waals surface area contributed by atoms with Crippen LogP contribution in [0.15, 0.2) is 47.1 Å².